The quantitative estimate of drug-likeness (QED) is 0.766. The summed E-state index contributed by atoms with van der Waals surface area (Å²) in [7, 11) is 1.69. The Morgan fingerprint density at radius 2 is 1.93 bits per heavy atom. The third-order valence-electron chi connectivity index (χ3n) is 6.47. The zero-order valence-corrected chi connectivity index (χ0v) is 17.0. The van der Waals surface area contributed by atoms with Gasteiger partial charge in [-0.15, -0.1) is 0 Å². The van der Waals surface area contributed by atoms with Gasteiger partial charge in [0.1, 0.15) is 5.75 Å². The number of carbonyl (C=O) groups is 1. The molecule has 1 unspecified atom stereocenters. The number of carbonyl (C=O) groups excluding carboxylic acids is 1. The molecule has 2 heterocycles. The minimum Gasteiger partial charge on any atom is -0.497 e. The maximum atomic E-state index is 13.1. The number of benzene rings is 2. The maximum absolute atomic E-state index is 13.1. The molecule has 0 aliphatic carbocycles. The summed E-state index contributed by atoms with van der Waals surface area (Å²) in [6.07, 6.45) is 2.79. The number of methoxy groups -OCH3 is 1. The van der Waals surface area contributed by atoms with Crippen LogP contribution in [0.15, 0.2) is 42.5 Å². The SMILES string of the molecule is CCC(C)C(=O)N1CC2(CCOCC2)c2cc(-c3cccc(OC)c3)ccc21. The van der Waals surface area contributed by atoms with Crippen molar-refractivity contribution in [3.8, 4) is 16.9 Å². The van der Waals surface area contributed by atoms with E-state index in [2.05, 4.69) is 37.3 Å². The van der Waals surface area contributed by atoms with E-state index in [1.165, 1.54) is 11.1 Å². The number of ether oxygens (including phenoxy) is 2. The average Bonchev–Trinajstić information content (AvgIpc) is 3.06. The number of hydrogen-bond acceptors (Lipinski definition) is 3. The lowest BCUT2D eigenvalue weighted by molar-refractivity contribution is -0.122. The minimum absolute atomic E-state index is 0.00554. The van der Waals surface area contributed by atoms with Crippen molar-refractivity contribution in [2.75, 3.05) is 31.8 Å². The van der Waals surface area contributed by atoms with Gasteiger partial charge in [-0.2, -0.15) is 0 Å². The predicted octanol–water partition coefficient (Wildman–Crippen LogP) is 4.80. The van der Waals surface area contributed by atoms with Crippen LogP contribution < -0.4 is 9.64 Å². The van der Waals surface area contributed by atoms with Gasteiger partial charge in [-0.3, -0.25) is 4.79 Å². The van der Waals surface area contributed by atoms with E-state index in [-0.39, 0.29) is 17.2 Å². The Morgan fingerprint density at radius 1 is 1.18 bits per heavy atom. The van der Waals surface area contributed by atoms with Gasteiger partial charge in [-0.1, -0.05) is 32.0 Å². The average molecular weight is 380 g/mol. The number of rotatable bonds is 4. The second kappa shape index (κ2) is 7.59. The zero-order valence-electron chi connectivity index (χ0n) is 17.0. The van der Waals surface area contributed by atoms with Gasteiger partial charge in [0.2, 0.25) is 5.91 Å². The van der Waals surface area contributed by atoms with Crippen molar-refractivity contribution in [3.63, 3.8) is 0 Å². The number of anilines is 1. The molecule has 1 atom stereocenters. The van der Waals surface area contributed by atoms with E-state index in [4.69, 9.17) is 9.47 Å². The summed E-state index contributed by atoms with van der Waals surface area (Å²) in [5.41, 5.74) is 4.69. The molecule has 2 aromatic rings. The zero-order chi connectivity index (χ0) is 19.7. The molecule has 0 N–H and O–H groups in total. The predicted molar refractivity (Wildman–Crippen MR) is 112 cm³/mol. The van der Waals surface area contributed by atoms with E-state index < -0.39 is 0 Å². The highest BCUT2D eigenvalue weighted by molar-refractivity contribution is 5.98. The summed E-state index contributed by atoms with van der Waals surface area (Å²) in [4.78, 5) is 15.1. The summed E-state index contributed by atoms with van der Waals surface area (Å²) in [5, 5.41) is 0. The van der Waals surface area contributed by atoms with Gasteiger partial charge in [0, 0.05) is 36.8 Å². The van der Waals surface area contributed by atoms with E-state index in [1.54, 1.807) is 7.11 Å². The maximum Gasteiger partial charge on any atom is 0.229 e. The number of amides is 1. The Labute approximate surface area is 167 Å². The van der Waals surface area contributed by atoms with E-state index in [0.29, 0.717) is 0 Å². The topological polar surface area (TPSA) is 38.8 Å². The van der Waals surface area contributed by atoms with E-state index in [0.717, 1.165) is 56.0 Å². The van der Waals surface area contributed by atoms with Crippen LogP contribution in [0.2, 0.25) is 0 Å². The molecule has 28 heavy (non-hydrogen) atoms. The Balaban J connectivity index is 1.79. The number of nitrogens with zero attached hydrogens (tertiary/aromatic N) is 1. The molecule has 4 heteroatoms. The first-order valence-electron chi connectivity index (χ1n) is 10.3. The standard InChI is InChI=1S/C24H29NO3/c1-4-17(2)23(26)25-16-24(10-12-28-13-11-24)21-15-19(8-9-22(21)25)18-6-5-7-20(14-18)27-3/h5-9,14-15,17H,4,10-13,16H2,1-3H3. The molecule has 2 aromatic carbocycles. The molecule has 0 aromatic heterocycles. The second-order valence-corrected chi connectivity index (χ2v) is 8.09. The highest BCUT2D eigenvalue weighted by atomic mass is 16.5. The van der Waals surface area contributed by atoms with Crippen LogP contribution in [-0.4, -0.2) is 32.8 Å². The van der Waals surface area contributed by atoms with Crippen LogP contribution in [0, 0.1) is 5.92 Å². The van der Waals surface area contributed by atoms with Gasteiger partial charge in [0.25, 0.3) is 0 Å². The molecule has 2 aliphatic heterocycles. The van der Waals surface area contributed by atoms with Crippen LogP contribution >= 0.6 is 0 Å². The van der Waals surface area contributed by atoms with Gasteiger partial charge in [0.05, 0.1) is 7.11 Å². The van der Waals surface area contributed by atoms with Gasteiger partial charge < -0.3 is 14.4 Å². The molecular weight excluding hydrogens is 350 g/mol. The molecule has 0 bridgehead atoms. The molecule has 0 radical (unpaired) electrons. The first-order valence-corrected chi connectivity index (χ1v) is 10.3. The summed E-state index contributed by atoms with van der Waals surface area (Å²) < 4.78 is 11.1. The smallest absolute Gasteiger partial charge is 0.229 e. The molecule has 4 nitrogen and oxygen atoms in total. The van der Waals surface area contributed by atoms with Crippen molar-refractivity contribution in [2.45, 2.75) is 38.5 Å². The van der Waals surface area contributed by atoms with Crippen molar-refractivity contribution >= 4 is 11.6 Å². The summed E-state index contributed by atoms with van der Waals surface area (Å²) >= 11 is 0. The van der Waals surface area contributed by atoms with Crippen molar-refractivity contribution < 1.29 is 14.3 Å². The molecule has 1 fully saturated rings. The van der Waals surface area contributed by atoms with Crippen molar-refractivity contribution in [1.29, 1.82) is 0 Å². The summed E-state index contributed by atoms with van der Waals surface area (Å²) in [6.45, 7) is 6.40. The lowest BCUT2D eigenvalue weighted by Gasteiger charge is -2.34. The first-order chi connectivity index (χ1) is 13.6. The van der Waals surface area contributed by atoms with Gasteiger partial charge in [-0.05, 0) is 60.2 Å². The third kappa shape index (κ3) is 3.20. The Morgan fingerprint density at radius 3 is 2.64 bits per heavy atom. The molecule has 1 spiro atoms. The van der Waals surface area contributed by atoms with Crippen LogP contribution in [0.5, 0.6) is 5.75 Å². The van der Waals surface area contributed by atoms with Crippen LogP contribution in [0.3, 0.4) is 0 Å². The lowest BCUT2D eigenvalue weighted by Crippen LogP contribution is -2.42. The monoisotopic (exact) mass is 379 g/mol. The van der Waals surface area contributed by atoms with Crippen LogP contribution in [0.25, 0.3) is 11.1 Å². The number of hydrogen-bond donors (Lipinski definition) is 0. The fourth-order valence-electron chi connectivity index (χ4n) is 4.48. The highest BCUT2D eigenvalue weighted by Gasteiger charge is 2.46. The Bertz CT molecular complexity index is 870. The number of fused-ring (bicyclic) bond motifs is 2. The van der Waals surface area contributed by atoms with Crippen LogP contribution in [-0.2, 0) is 14.9 Å². The van der Waals surface area contributed by atoms with E-state index in [1.807, 2.05) is 24.0 Å². The largest absolute Gasteiger partial charge is 0.497 e. The van der Waals surface area contributed by atoms with Crippen LogP contribution in [0.4, 0.5) is 5.69 Å². The fourth-order valence-corrected chi connectivity index (χ4v) is 4.48. The van der Waals surface area contributed by atoms with Crippen molar-refractivity contribution in [1.82, 2.24) is 0 Å². The normalized spacial score (nSPS) is 18.8. The third-order valence-corrected chi connectivity index (χ3v) is 6.47. The van der Waals surface area contributed by atoms with Crippen molar-refractivity contribution in [2.24, 2.45) is 5.92 Å². The van der Waals surface area contributed by atoms with Crippen molar-refractivity contribution in [3.05, 3.63) is 48.0 Å². The van der Waals surface area contributed by atoms with Gasteiger partial charge in [0.15, 0.2) is 0 Å². The highest BCUT2D eigenvalue weighted by Crippen LogP contribution is 2.48. The Hall–Kier alpha value is -2.33. The second-order valence-electron chi connectivity index (χ2n) is 8.09. The fraction of sp³-hybridized carbons (Fsp3) is 0.458. The van der Waals surface area contributed by atoms with Crippen LogP contribution in [0.1, 0.15) is 38.7 Å². The molecule has 2 aliphatic rings. The first kappa shape index (κ1) is 19.0. The minimum atomic E-state index is 0.00554. The molecular formula is C24H29NO3. The summed E-state index contributed by atoms with van der Waals surface area (Å²) in [6, 6.07) is 14.7. The van der Waals surface area contributed by atoms with E-state index in [9.17, 15) is 4.79 Å². The molecule has 148 valence electrons. The molecule has 1 amide bonds. The van der Waals surface area contributed by atoms with Gasteiger partial charge >= 0.3 is 0 Å². The summed E-state index contributed by atoms with van der Waals surface area (Å²) in [5.74, 6) is 1.13. The molecule has 0 saturated carbocycles. The van der Waals surface area contributed by atoms with Gasteiger partial charge in [-0.25, -0.2) is 0 Å². The molecule has 1 saturated heterocycles. The van der Waals surface area contributed by atoms with E-state index >= 15 is 0 Å². The lowest BCUT2D eigenvalue weighted by atomic mass is 9.75. The molecule has 4 rings (SSSR count). The Kier molecular flexibility index (Phi) is 5.15.